The second-order valence-electron chi connectivity index (χ2n) is 4.40. The SMILES string of the molecule is CNC(c1ccccc1Br)C(C(=O)O)C(C)C. The zero-order valence-electron chi connectivity index (χ0n) is 10.3. The van der Waals surface area contributed by atoms with E-state index >= 15 is 0 Å². The van der Waals surface area contributed by atoms with Crippen LogP contribution in [0.25, 0.3) is 0 Å². The van der Waals surface area contributed by atoms with Gasteiger partial charge in [-0.05, 0) is 24.6 Å². The summed E-state index contributed by atoms with van der Waals surface area (Å²) in [6.45, 7) is 3.86. The number of hydrogen-bond acceptors (Lipinski definition) is 2. The number of nitrogens with one attached hydrogen (secondary N) is 1. The molecule has 0 heterocycles. The lowest BCUT2D eigenvalue weighted by molar-refractivity contribution is -0.144. The van der Waals surface area contributed by atoms with Crippen LogP contribution in [0.5, 0.6) is 0 Å². The van der Waals surface area contributed by atoms with Crippen molar-refractivity contribution in [1.82, 2.24) is 5.32 Å². The van der Waals surface area contributed by atoms with Gasteiger partial charge in [0.25, 0.3) is 0 Å². The van der Waals surface area contributed by atoms with Crippen LogP contribution in [0.1, 0.15) is 25.5 Å². The van der Waals surface area contributed by atoms with E-state index in [-0.39, 0.29) is 12.0 Å². The van der Waals surface area contributed by atoms with Crippen molar-refractivity contribution in [2.24, 2.45) is 11.8 Å². The molecular weight excluding hydrogens is 282 g/mol. The van der Waals surface area contributed by atoms with Gasteiger partial charge in [-0.25, -0.2) is 0 Å². The summed E-state index contributed by atoms with van der Waals surface area (Å²) in [5.41, 5.74) is 0.983. The Balaban J connectivity index is 3.14. The van der Waals surface area contributed by atoms with Crippen molar-refractivity contribution >= 4 is 21.9 Å². The predicted octanol–water partition coefficient (Wildman–Crippen LogP) is 3.07. The summed E-state index contributed by atoms with van der Waals surface area (Å²) in [4.78, 5) is 11.4. The van der Waals surface area contributed by atoms with Crippen LogP contribution in [0.3, 0.4) is 0 Å². The average Bonchev–Trinajstić information content (AvgIpc) is 2.25. The lowest BCUT2D eigenvalue weighted by Crippen LogP contribution is -2.34. The average molecular weight is 300 g/mol. The van der Waals surface area contributed by atoms with Crippen molar-refractivity contribution in [2.75, 3.05) is 7.05 Å². The van der Waals surface area contributed by atoms with E-state index in [2.05, 4.69) is 21.2 Å². The molecule has 1 aromatic carbocycles. The van der Waals surface area contributed by atoms with E-state index in [0.29, 0.717) is 0 Å². The summed E-state index contributed by atoms with van der Waals surface area (Å²) in [5, 5.41) is 12.5. The van der Waals surface area contributed by atoms with E-state index in [1.165, 1.54) is 0 Å². The number of rotatable bonds is 5. The first-order valence-corrected chi connectivity index (χ1v) is 6.42. The number of hydrogen-bond donors (Lipinski definition) is 2. The van der Waals surface area contributed by atoms with Crippen molar-refractivity contribution in [2.45, 2.75) is 19.9 Å². The van der Waals surface area contributed by atoms with Gasteiger partial charge in [-0.1, -0.05) is 48.0 Å². The van der Waals surface area contributed by atoms with Gasteiger partial charge in [0, 0.05) is 10.5 Å². The molecule has 1 aromatic rings. The van der Waals surface area contributed by atoms with E-state index in [0.717, 1.165) is 10.0 Å². The molecule has 0 aliphatic carbocycles. The molecule has 0 fully saturated rings. The van der Waals surface area contributed by atoms with Crippen LogP contribution >= 0.6 is 15.9 Å². The molecule has 0 saturated heterocycles. The first-order valence-electron chi connectivity index (χ1n) is 5.63. The third-order valence-corrected chi connectivity index (χ3v) is 3.64. The van der Waals surface area contributed by atoms with Gasteiger partial charge in [0.15, 0.2) is 0 Å². The Morgan fingerprint density at radius 1 is 1.35 bits per heavy atom. The summed E-state index contributed by atoms with van der Waals surface area (Å²) in [7, 11) is 1.79. The smallest absolute Gasteiger partial charge is 0.308 e. The first kappa shape index (κ1) is 14.2. The third kappa shape index (κ3) is 3.30. The lowest BCUT2D eigenvalue weighted by atomic mass is 9.84. The quantitative estimate of drug-likeness (QED) is 0.878. The standard InChI is InChI=1S/C13H18BrNO2/c1-8(2)11(13(16)17)12(15-3)9-6-4-5-7-10(9)14/h4-8,11-12,15H,1-3H3,(H,16,17). The molecule has 0 amide bonds. The number of carboxylic acid groups (broad SMARTS) is 1. The minimum absolute atomic E-state index is 0.0667. The van der Waals surface area contributed by atoms with E-state index in [1.54, 1.807) is 7.05 Å². The summed E-state index contributed by atoms with van der Waals surface area (Å²) in [6, 6.07) is 7.53. The fourth-order valence-corrected chi connectivity index (χ4v) is 2.60. The normalized spacial score (nSPS) is 14.6. The second kappa shape index (κ2) is 6.17. The van der Waals surface area contributed by atoms with Crippen LogP contribution in [-0.2, 0) is 4.79 Å². The molecule has 0 aliphatic rings. The van der Waals surface area contributed by atoms with Crippen LogP contribution in [-0.4, -0.2) is 18.1 Å². The molecule has 1 rings (SSSR count). The molecule has 0 radical (unpaired) electrons. The van der Waals surface area contributed by atoms with E-state index in [1.807, 2.05) is 38.1 Å². The minimum Gasteiger partial charge on any atom is -0.481 e. The van der Waals surface area contributed by atoms with Gasteiger partial charge < -0.3 is 10.4 Å². The number of benzene rings is 1. The molecule has 2 N–H and O–H groups in total. The highest BCUT2D eigenvalue weighted by molar-refractivity contribution is 9.10. The second-order valence-corrected chi connectivity index (χ2v) is 5.25. The van der Waals surface area contributed by atoms with Gasteiger partial charge >= 0.3 is 5.97 Å². The van der Waals surface area contributed by atoms with Gasteiger partial charge in [-0.3, -0.25) is 4.79 Å². The molecule has 2 unspecified atom stereocenters. The molecule has 0 aromatic heterocycles. The Kier molecular flexibility index (Phi) is 5.15. The Hall–Kier alpha value is -0.870. The maximum absolute atomic E-state index is 11.4. The number of halogens is 1. The molecule has 0 bridgehead atoms. The first-order chi connectivity index (χ1) is 7.99. The number of carbonyl (C=O) groups is 1. The zero-order valence-corrected chi connectivity index (χ0v) is 11.9. The minimum atomic E-state index is -0.768. The Morgan fingerprint density at radius 2 is 1.94 bits per heavy atom. The van der Waals surface area contributed by atoms with Crippen molar-refractivity contribution in [3.05, 3.63) is 34.3 Å². The summed E-state index contributed by atoms with van der Waals surface area (Å²) >= 11 is 3.47. The predicted molar refractivity (Wildman–Crippen MR) is 71.9 cm³/mol. The van der Waals surface area contributed by atoms with Crippen molar-refractivity contribution < 1.29 is 9.90 Å². The summed E-state index contributed by atoms with van der Waals surface area (Å²) in [6.07, 6.45) is 0. The Morgan fingerprint density at radius 3 is 2.35 bits per heavy atom. The Bertz CT molecular complexity index is 393. The molecule has 17 heavy (non-hydrogen) atoms. The van der Waals surface area contributed by atoms with Gasteiger partial charge in [0.05, 0.1) is 5.92 Å². The zero-order chi connectivity index (χ0) is 13.0. The van der Waals surface area contributed by atoms with Crippen LogP contribution in [0.15, 0.2) is 28.7 Å². The molecule has 0 aliphatic heterocycles. The van der Waals surface area contributed by atoms with Crippen LogP contribution in [0.4, 0.5) is 0 Å². The highest BCUT2D eigenvalue weighted by atomic mass is 79.9. The fraction of sp³-hybridized carbons (Fsp3) is 0.462. The highest BCUT2D eigenvalue weighted by Crippen LogP contribution is 2.32. The maximum atomic E-state index is 11.4. The van der Waals surface area contributed by atoms with Gasteiger partial charge in [0.2, 0.25) is 0 Å². The molecule has 2 atom stereocenters. The van der Waals surface area contributed by atoms with E-state index < -0.39 is 11.9 Å². The van der Waals surface area contributed by atoms with Gasteiger partial charge in [-0.2, -0.15) is 0 Å². The Labute approximate surface area is 110 Å². The number of aliphatic carboxylic acids is 1. The third-order valence-electron chi connectivity index (χ3n) is 2.91. The van der Waals surface area contributed by atoms with E-state index in [9.17, 15) is 9.90 Å². The van der Waals surface area contributed by atoms with Gasteiger partial charge in [0.1, 0.15) is 0 Å². The summed E-state index contributed by atoms with van der Waals surface area (Å²) < 4.78 is 0.936. The van der Waals surface area contributed by atoms with E-state index in [4.69, 9.17) is 0 Å². The molecular formula is C13H18BrNO2. The van der Waals surface area contributed by atoms with Crippen molar-refractivity contribution in [3.63, 3.8) is 0 Å². The van der Waals surface area contributed by atoms with Crippen LogP contribution in [0.2, 0.25) is 0 Å². The molecule has 94 valence electrons. The number of carboxylic acids is 1. The highest BCUT2D eigenvalue weighted by Gasteiger charge is 2.31. The van der Waals surface area contributed by atoms with Crippen LogP contribution in [0, 0.1) is 11.8 Å². The topological polar surface area (TPSA) is 49.3 Å². The van der Waals surface area contributed by atoms with Crippen LogP contribution < -0.4 is 5.32 Å². The lowest BCUT2D eigenvalue weighted by Gasteiger charge is -2.27. The molecule has 3 nitrogen and oxygen atoms in total. The maximum Gasteiger partial charge on any atom is 0.308 e. The molecule has 0 spiro atoms. The largest absolute Gasteiger partial charge is 0.481 e. The van der Waals surface area contributed by atoms with Gasteiger partial charge in [-0.15, -0.1) is 0 Å². The van der Waals surface area contributed by atoms with Crippen molar-refractivity contribution in [1.29, 1.82) is 0 Å². The molecule has 0 saturated carbocycles. The fourth-order valence-electron chi connectivity index (χ4n) is 2.07. The summed E-state index contributed by atoms with van der Waals surface area (Å²) in [5.74, 6) is -1.15. The van der Waals surface area contributed by atoms with Crippen molar-refractivity contribution in [3.8, 4) is 0 Å². The molecule has 4 heteroatoms. The monoisotopic (exact) mass is 299 g/mol.